The lowest BCUT2D eigenvalue weighted by Crippen LogP contribution is -2.52. The zero-order valence-electron chi connectivity index (χ0n) is 17.1. The highest BCUT2D eigenvalue weighted by atomic mass is 16.2. The summed E-state index contributed by atoms with van der Waals surface area (Å²) in [6.45, 7) is 0.760. The first-order valence-electron chi connectivity index (χ1n) is 10.3. The second-order valence-electron chi connectivity index (χ2n) is 8.06. The molecule has 1 atom stereocenters. The highest BCUT2D eigenvalue weighted by Gasteiger charge is 2.39. The molecule has 1 fully saturated rings. The van der Waals surface area contributed by atoms with Crippen LogP contribution in [0.3, 0.4) is 0 Å². The number of hydrogen-bond acceptors (Lipinski definition) is 5. The van der Waals surface area contributed by atoms with E-state index in [9.17, 15) is 19.2 Å². The molecule has 0 aliphatic carbocycles. The topological polar surface area (TPSA) is 123 Å². The third kappa shape index (κ3) is 3.26. The van der Waals surface area contributed by atoms with Crippen molar-refractivity contribution in [1.29, 1.82) is 5.26 Å². The maximum Gasteiger partial charge on any atom is 0.326 e. The molecule has 0 bridgehead atoms. The van der Waals surface area contributed by atoms with Crippen LogP contribution in [0.4, 0.5) is 16.2 Å². The summed E-state index contributed by atoms with van der Waals surface area (Å²) in [5, 5.41) is 14.2. The lowest BCUT2D eigenvalue weighted by molar-refractivity contribution is -0.136. The number of carbonyl (C=O) groups excluding carboxylic acids is 4. The summed E-state index contributed by atoms with van der Waals surface area (Å²) >= 11 is 0. The molecule has 160 valence electrons. The Labute approximate surface area is 183 Å². The number of rotatable bonds is 2. The van der Waals surface area contributed by atoms with E-state index in [-0.39, 0.29) is 30.8 Å². The van der Waals surface area contributed by atoms with Crippen LogP contribution in [0, 0.1) is 11.3 Å². The van der Waals surface area contributed by atoms with E-state index in [4.69, 9.17) is 5.26 Å². The Morgan fingerprint density at radius 1 is 1.09 bits per heavy atom. The van der Waals surface area contributed by atoms with Crippen molar-refractivity contribution in [2.45, 2.75) is 31.8 Å². The molecule has 5 rings (SSSR count). The van der Waals surface area contributed by atoms with Gasteiger partial charge in [0, 0.05) is 36.4 Å². The molecule has 0 radical (unpaired) electrons. The minimum atomic E-state index is -0.676. The number of urea groups is 1. The van der Waals surface area contributed by atoms with Crippen LogP contribution in [0.15, 0.2) is 36.4 Å². The molecule has 5 amide bonds. The molecule has 9 nitrogen and oxygen atoms in total. The van der Waals surface area contributed by atoms with Crippen LogP contribution in [0.1, 0.15) is 39.9 Å². The molecule has 9 heteroatoms. The van der Waals surface area contributed by atoms with Crippen LogP contribution in [0.2, 0.25) is 0 Å². The molecule has 0 saturated carbocycles. The van der Waals surface area contributed by atoms with Crippen molar-refractivity contribution in [2.24, 2.45) is 0 Å². The average molecular weight is 429 g/mol. The minimum Gasteiger partial charge on any atom is -0.322 e. The van der Waals surface area contributed by atoms with Gasteiger partial charge in [-0.05, 0) is 60.4 Å². The highest BCUT2D eigenvalue weighted by Crippen LogP contribution is 2.31. The van der Waals surface area contributed by atoms with Crippen molar-refractivity contribution in [2.75, 3.05) is 16.8 Å². The number of amides is 5. The summed E-state index contributed by atoms with van der Waals surface area (Å²) in [6, 6.07) is 11.5. The van der Waals surface area contributed by atoms with Crippen LogP contribution in [-0.2, 0) is 22.6 Å². The van der Waals surface area contributed by atoms with Crippen LogP contribution in [0.5, 0.6) is 0 Å². The molecule has 1 saturated heterocycles. The zero-order chi connectivity index (χ0) is 22.4. The number of nitrogens with zero attached hydrogens (tertiary/aromatic N) is 3. The summed E-state index contributed by atoms with van der Waals surface area (Å²) in [4.78, 5) is 52.4. The van der Waals surface area contributed by atoms with Gasteiger partial charge in [0.25, 0.3) is 5.91 Å². The van der Waals surface area contributed by atoms with Gasteiger partial charge in [0.15, 0.2) is 0 Å². The lowest BCUT2D eigenvalue weighted by Gasteiger charge is -2.29. The van der Waals surface area contributed by atoms with Gasteiger partial charge in [-0.15, -0.1) is 0 Å². The van der Waals surface area contributed by atoms with E-state index in [0.29, 0.717) is 36.2 Å². The Morgan fingerprint density at radius 2 is 1.94 bits per heavy atom. The van der Waals surface area contributed by atoms with E-state index in [1.807, 2.05) is 0 Å². The summed E-state index contributed by atoms with van der Waals surface area (Å²) < 4.78 is 0. The predicted molar refractivity (Wildman–Crippen MR) is 114 cm³/mol. The molecule has 0 spiro atoms. The summed E-state index contributed by atoms with van der Waals surface area (Å²) in [5.41, 5.74) is 4.06. The fourth-order valence-electron chi connectivity index (χ4n) is 4.53. The van der Waals surface area contributed by atoms with E-state index >= 15 is 0 Å². The van der Waals surface area contributed by atoms with Crippen molar-refractivity contribution in [3.8, 4) is 6.07 Å². The third-order valence-electron chi connectivity index (χ3n) is 6.12. The van der Waals surface area contributed by atoms with Gasteiger partial charge in [0.1, 0.15) is 6.04 Å². The SMILES string of the molecule is N#Cc1ccc2c(c1)CCN2C(=O)Nc1ccc2c(c1)CN(C1CCC(=O)NC1=O)C2=O. The van der Waals surface area contributed by atoms with E-state index in [0.717, 1.165) is 16.8 Å². The summed E-state index contributed by atoms with van der Waals surface area (Å²) in [6.07, 6.45) is 1.18. The van der Waals surface area contributed by atoms with Gasteiger partial charge in [0.2, 0.25) is 11.8 Å². The van der Waals surface area contributed by atoms with Gasteiger partial charge >= 0.3 is 6.03 Å². The molecular weight excluding hydrogens is 410 g/mol. The fraction of sp³-hybridized carbons (Fsp3) is 0.261. The number of carbonyl (C=O) groups is 4. The van der Waals surface area contributed by atoms with Gasteiger partial charge in [-0.25, -0.2) is 4.79 Å². The Kier molecular flexibility index (Phi) is 4.63. The molecule has 3 heterocycles. The first kappa shape index (κ1) is 19.8. The number of piperidine rings is 1. The first-order valence-corrected chi connectivity index (χ1v) is 10.3. The van der Waals surface area contributed by atoms with Crippen molar-refractivity contribution >= 4 is 35.1 Å². The Morgan fingerprint density at radius 3 is 2.72 bits per heavy atom. The van der Waals surface area contributed by atoms with Crippen LogP contribution >= 0.6 is 0 Å². The molecule has 2 aromatic carbocycles. The molecule has 3 aliphatic heterocycles. The zero-order valence-corrected chi connectivity index (χ0v) is 17.1. The van der Waals surface area contributed by atoms with Crippen molar-refractivity contribution in [3.63, 3.8) is 0 Å². The largest absolute Gasteiger partial charge is 0.326 e. The first-order chi connectivity index (χ1) is 15.4. The number of nitrogens with one attached hydrogen (secondary N) is 2. The standard InChI is InChI=1S/C23H19N5O4/c24-11-13-1-4-18-14(9-13)7-8-27(18)23(32)25-16-2-3-17-15(10-16)12-28(22(17)31)19-5-6-20(29)26-21(19)30/h1-4,9-10,19H,5-8,12H2,(H,25,32)(H,26,29,30). The number of imide groups is 1. The Hall–Kier alpha value is -4.19. The van der Waals surface area contributed by atoms with E-state index < -0.39 is 11.9 Å². The van der Waals surface area contributed by atoms with Crippen molar-refractivity contribution in [1.82, 2.24) is 10.2 Å². The smallest absolute Gasteiger partial charge is 0.322 e. The molecule has 0 aromatic heterocycles. The molecule has 1 unspecified atom stereocenters. The number of hydrogen-bond donors (Lipinski definition) is 2. The minimum absolute atomic E-state index is 0.199. The van der Waals surface area contributed by atoms with Gasteiger partial charge in [-0.3, -0.25) is 24.6 Å². The monoisotopic (exact) mass is 429 g/mol. The fourth-order valence-corrected chi connectivity index (χ4v) is 4.53. The Bertz CT molecular complexity index is 1230. The van der Waals surface area contributed by atoms with Crippen LogP contribution in [0.25, 0.3) is 0 Å². The Balaban J connectivity index is 1.31. The van der Waals surface area contributed by atoms with Gasteiger partial charge in [-0.2, -0.15) is 5.26 Å². The maximum absolute atomic E-state index is 12.9. The van der Waals surface area contributed by atoms with Gasteiger partial charge in [0.05, 0.1) is 11.6 Å². The second kappa shape index (κ2) is 7.50. The predicted octanol–water partition coefficient (Wildman–Crippen LogP) is 1.91. The molecular formula is C23H19N5O4. The average Bonchev–Trinajstić information content (AvgIpc) is 3.34. The lowest BCUT2D eigenvalue weighted by atomic mass is 10.0. The quantitative estimate of drug-likeness (QED) is 0.706. The van der Waals surface area contributed by atoms with Gasteiger partial charge < -0.3 is 10.2 Å². The number of nitriles is 1. The number of anilines is 2. The van der Waals surface area contributed by atoms with Crippen molar-refractivity contribution in [3.05, 3.63) is 58.7 Å². The van der Waals surface area contributed by atoms with E-state index in [1.165, 1.54) is 4.90 Å². The number of fused-ring (bicyclic) bond motifs is 2. The summed E-state index contributed by atoms with van der Waals surface area (Å²) in [7, 11) is 0. The van der Waals surface area contributed by atoms with E-state index in [1.54, 1.807) is 41.3 Å². The van der Waals surface area contributed by atoms with E-state index in [2.05, 4.69) is 16.7 Å². The maximum atomic E-state index is 12.9. The van der Waals surface area contributed by atoms with Crippen LogP contribution < -0.4 is 15.5 Å². The van der Waals surface area contributed by atoms with Gasteiger partial charge in [-0.1, -0.05) is 0 Å². The highest BCUT2D eigenvalue weighted by molar-refractivity contribution is 6.06. The molecule has 2 aromatic rings. The normalized spacial score (nSPS) is 19.3. The molecule has 3 aliphatic rings. The van der Waals surface area contributed by atoms with Crippen molar-refractivity contribution < 1.29 is 19.2 Å². The third-order valence-corrected chi connectivity index (χ3v) is 6.12. The molecule has 32 heavy (non-hydrogen) atoms. The molecule has 2 N–H and O–H groups in total. The summed E-state index contributed by atoms with van der Waals surface area (Å²) in [5.74, 6) is -1.04. The second-order valence-corrected chi connectivity index (χ2v) is 8.06. The number of benzene rings is 2. The van der Waals surface area contributed by atoms with Crippen LogP contribution in [-0.4, -0.2) is 41.2 Å².